The molecular formula is C21H16ClN3O2. The normalized spacial score (nSPS) is 10.7. The summed E-state index contributed by atoms with van der Waals surface area (Å²) in [6.45, 7) is 3.51. The minimum absolute atomic E-state index is 0.0950. The Morgan fingerprint density at radius 2 is 1.85 bits per heavy atom. The number of ether oxygens (including phenoxy) is 1. The first-order valence-corrected chi connectivity index (χ1v) is 8.57. The summed E-state index contributed by atoms with van der Waals surface area (Å²) < 4.78 is 7.01. The molecule has 0 aliphatic heterocycles. The highest BCUT2D eigenvalue weighted by Gasteiger charge is 2.09. The van der Waals surface area contributed by atoms with E-state index < -0.39 is 5.56 Å². The van der Waals surface area contributed by atoms with E-state index in [1.54, 1.807) is 56.5 Å². The van der Waals surface area contributed by atoms with Gasteiger partial charge in [0.15, 0.2) is 0 Å². The van der Waals surface area contributed by atoms with Crippen LogP contribution in [-0.4, -0.2) is 10.9 Å². The van der Waals surface area contributed by atoms with E-state index in [1.807, 2.05) is 24.3 Å². The van der Waals surface area contributed by atoms with Crippen molar-refractivity contribution in [3.8, 4) is 17.6 Å². The van der Waals surface area contributed by atoms with E-state index in [1.165, 1.54) is 4.68 Å². The van der Waals surface area contributed by atoms with Crippen LogP contribution in [0.15, 0.2) is 64.5 Å². The van der Waals surface area contributed by atoms with E-state index >= 15 is 0 Å². The lowest BCUT2D eigenvalue weighted by Crippen LogP contribution is -2.22. The van der Waals surface area contributed by atoms with Gasteiger partial charge in [-0.05, 0) is 67.4 Å². The number of pyridine rings is 1. The fraction of sp³-hybridized carbons (Fsp3) is 0.0952. The molecule has 0 saturated heterocycles. The van der Waals surface area contributed by atoms with Gasteiger partial charge in [-0.3, -0.25) is 4.79 Å². The van der Waals surface area contributed by atoms with Gasteiger partial charge in [-0.2, -0.15) is 10.4 Å². The minimum Gasteiger partial charge on any atom is -0.457 e. The molecule has 0 saturated carbocycles. The third-order valence-electron chi connectivity index (χ3n) is 3.90. The number of nitrogens with zero attached hydrogens (tertiary/aromatic N) is 3. The van der Waals surface area contributed by atoms with Crippen LogP contribution in [0.2, 0.25) is 5.02 Å². The lowest BCUT2D eigenvalue weighted by atomic mass is 10.1. The smallest absolute Gasteiger partial charge is 0.289 e. The Morgan fingerprint density at radius 3 is 2.56 bits per heavy atom. The second kappa shape index (κ2) is 7.90. The molecule has 0 unspecified atom stereocenters. The summed E-state index contributed by atoms with van der Waals surface area (Å²) in [5.74, 6) is 1.30. The number of aryl methyl sites for hydroxylation is 2. The Labute approximate surface area is 161 Å². The number of rotatable bonds is 4. The van der Waals surface area contributed by atoms with Gasteiger partial charge < -0.3 is 4.74 Å². The summed E-state index contributed by atoms with van der Waals surface area (Å²) in [7, 11) is 0. The molecule has 3 rings (SSSR count). The monoisotopic (exact) mass is 377 g/mol. The van der Waals surface area contributed by atoms with E-state index in [2.05, 4.69) is 5.10 Å². The Morgan fingerprint density at radius 1 is 1.11 bits per heavy atom. The predicted molar refractivity (Wildman–Crippen MR) is 106 cm³/mol. The van der Waals surface area contributed by atoms with Crippen LogP contribution in [0.3, 0.4) is 0 Å². The van der Waals surface area contributed by atoms with Crippen molar-refractivity contribution in [3.05, 3.63) is 92.4 Å². The number of aromatic nitrogens is 1. The summed E-state index contributed by atoms with van der Waals surface area (Å²) in [6, 6.07) is 18.1. The third kappa shape index (κ3) is 4.25. The van der Waals surface area contributed by atoms with Gasteiger partial charge in [0, 0.05) is 10.7 Å². The second-order valence-electron chi connectivity index (χ2n) is 5.95. The summed E-state index contributed by atoms with van der Waals surface area (Å²) >= 11 is 5.88. The molecule has 0 aliphatic carbocycles. The first-order chi connectivity index (χ1) is 13.0. The molecule has 1 heterocycles. The average Bonchev–Trinajstić information content (AvgIpc) is 2.64. The van der Waals surface area contributed by atoms with Gasteiger partial charge >= 0.3 is 0 Å². The average molecular weight is 378 g/mol. The molecule has 0 N–H and O–H groups in total. The quantitative estimate of drug-likeness (QED) is 0.621. The maximum atomic E-state index is 12.4. The SMILES string of the molecule is Cc1cc(C)n(/N=C\c2cccc(Oc3ccc(Cl)cc3)c2)c(=O)c1C#N. The first kappa shape index (κ1) is 18.4. The topological polar surface area (TPSA) is 67.4 Å². The fourth-order valence-electron chi connectivity index (χ4n) is 2.58. The second-order valence-corrected chi connectivity index (χ2v) is 6.38. The third-order valence-corrected chi connectivity index (χ3v) is 4.15. The molecule has 0 fully saturated rings. The van der Waals surface area contributed by atoms with Crippen LogP contribution < -0.4 is 10.3 Å². The van der Waals surface area contributed by atoms with Crippen LogP contribution in [0.25, 0.3) is 0 Å². The number of benzene rings is 2. The Hall–Kier alpha value is -3.36. The molecule has 0 radical (unpaired) electrons. The summed E-state index contributed by atoms with van der Waals surface area (Å²) in [5, 5.41) is 14.0. The summed E-state index contributed by atoms with van der Waals surface area (Å²) in [5.41, 5.74) is 1.72. The molecule has 0 atom stereocenters. The van der Waals surface area contributed by atoms with Crippen LogP contribution in [0, 0.1) is 25.2 Å². The molecule has 134 valence electrons. The van der Waals surface area contributed by atoms with Crippen LogP contribution in [0.5, 0.6) is 11.5 Å². The molecule has 1 aromatic heterocycles. The van der Waals surface area contributed by atoms with Gasteiger partial charge in [-0.25, -0.2) is 4.68 Å². The van der Waals surface area contributed by atoms with Gasteiger partial charge in [0.05, 0.1) is 6.21 Å². The van der Waals surface area contributed by atoms with Crippen molar-refractivity contribution in [1.82, 2.24) is 4.68 Å². The van der Waals surface area contributed by atoms with Gasteiger partial charge in [0.1, 0.15) is 23.1 Å². The summed E-state index contributed by atoms with van der Waals surface area (Å²) in [6.07, 6.45) is 1.56. The molecule has 0 spiro atoms. The number of halogens is 1. The van der Waals surface area contributed by atoms with E-state index in [4.69, 9.17) is 21.6 Å². The Bertz CT molecular complexity index is 1110. The first-order valence-electron chi connectivity index (χ1n) is 8.19. The van der Waals surface area contributed by atoms with Crippen molar-refractivity contribution in [2.75, 3.05) is 0 Å². The molecule has 0 bridgehead atoms. The summed E-state index contributed by atoms with van der Waals surface area (Å²) in [4.78, 5) is 12.4. The van der Waals surface area contributed by atoms with Crippen molar-refractivity contribution >= 4 is 17.8 Å². The lowest BCUT2D eigenvalue weighted by Gasteiger charge is -2.07. The molecule has 0 amide bonds. The Balaban J connectivity index is 1.88. The van der Waals surface area contributed by atoms with Gasteiger partial charge in [-0.15, -0.1) is 0 Å². The molecule has 27 heavy (non-hydrogen) atoms. The maximum Gasteiger partial charge on any atom is 0.289 e. The van der Waals surface area contributed by atoms with Crippen molar-refractivity contribution in [2.45, 2.75) is 13.8 Å². The zero-order valence-electron chi connectivity index (χ0n) is 14.8. The number of hydrogen-bond donors (Lipinski definition) is 0. The molecule has 3 aromatic rings. The maximum absolute atomic E-state index is 12.4. The van der Waals surface area contributed by atoms with E-state index in [-0.39, 0.29) is 5.56 Å². The molecule has 5 nitrogen and oxygen atoms in total. The largest absolute Gasteiger partial charge is 0.457 e. The highest BCUT2D eigenvalue weighted by Crippen LogP contribution is 2.23. The lowest BCUT2D eigenvalue weighted by molar-refractivity contribution is 0.482. The zero-order chi connectivity index (χ0) is 19.4. The minimum atomic E-state index is -0.431. The van der Waals surface area contributed by atoms with Gasteiger partial charge in [-0.1, -0.05) is 23.7 Å². The molecule has 6 heteroatoms. The van der Waals surface area contributed by atoms with Gasteiger partial charge in [0.2, 0.25) is 0 Å². The molecular weight excluding hydrogens is 362 g/mol. The van der Waals surface area contributed by atoms with Gasteiger partial charge in [0.25, 0.3) is 5.56 Å². The molecule has 2 aromatic carbocycles. The number of nitriles is 1. The van der Waals surface area contributed by atoms with E-state index in [9.17, 15) is 4.79 Å². The van der Waals surface area contributed by atoms with Crippen molar-refractivity contribution in [2.24, 2.45) is 5.10 Å². The predicted octanol–water partition coefficient (Wildman–Crippen LogP) is 4.66. The fourth-order valence-corrected chi connectivity index (χ4v) is 2.71. The molecule has 0 aliphatic rings. The van der Waals surface area contributed by atoms with Crippen LogP contribution in [0.4, 0.5) is 0 Å². The number of hydrogen-bond acceptors (Lipinski definition) is 4. The van der Waals surface area contributed by atoms with Crippen LogP contribution in [-0.2, 0) is 0 Å². The van der Waals surface area contributed by atoms with E-state index in [0.29, 0.717) is 27.8 Å². The standard InChI is InChI=1S/C21H16ClN3O2/c1-14-10-15(2)25(21(26)20(14)12-23)24-13-16-4-3-5-19(11-16)27-18-8-6-17(22)7-9-18/h3-11,13H,1-2H3/b24-13-. The van der Waals surface area contributed by atoms with Crippen molar-refractivity contribution in [3.63, 3.8) is 0 Å². The highest BCUT2D eigenvalue weighted by atomic mass is 35.5. The van der Waals surface area contributed by atoms with E-state index in [0.717, 1.165) is 5.56 Å². The Kier molecular flexibility index (Phi) is 5.39. The van der Waals surface area contributed by atoms with Crippen molar-refractivity contribution in [1.29, 1.82) is 5.26 Å². The zero-order valence-corrected chi connectivity index (χ0v) is 15.6. The van der Waals surface area contributed by atoms with Crippen LogP contribution >= 0.6 is 11.6 Å². The van der Waals surface area contributed by atoms with Crippen molar-refractivity contribution < 1.29 is 4.74 Å². The highest BCUT2D eigenvalue weighted by molar-refractivity contribution is 6.30. The van der Waals surface area contributed by atoms with Crippen LogP contribution in [0.1, 0.15) is 22.4 Å².